The lowest BCUT2D eigenvalue weighted by Crippen LogP contribution is -2.43. The minimum Gasteiger partial charge on any atom is -0.508 e. The van der Waals surface area contributed by atoms with E-state index < -0.39 is 0 Å². The topological polar surface area (TPSA) is 49.5 Å². The summed E-state index contributed by atoms with van der Waals surface area (Å²) in [4.78, 5) is 2.42. The van der Waals surface area contributed by atoms with Gasteiger partial charge in [0.1, 0.15) is 5.75 Å². The van der Waals surface area contributed by atoms with Crippen molar-refractivity contribution in [3.05, 3.63) is 29.8 Å². The number of benzene rings is 1. The molecule has 0 spiro atoms. The van der Waals surface area contributed by atoms with Crippen molar-refractivity contribution in [3.63, 3.8) is 0 Å². The number of nitrogens with two attached hydrogens (primary N) is 1. The molecular formula is C15H24N2O. The fourth-order valence-electron chi connectivity index (χ4n) is 3.21. The van der Waals surface area contributed by atoms with Crippen LogP contribution in [0.15, 0.2) is 24.3 Å². The standard InChI is InChI=1S/C15H24N2O/c1-11-7-12(2)10-17(9-11)14(8-16)13-5-3-4-6-15(13)18/h3-6,11-12,14,18H,7-10,16H2,1-2H3. The van der Waals surface area contributed by atoms with Crippen molar-refractivity contribution in [3.8, 4) is 5.75 Å². The summed E-state index contributed by atoms with van der Waals surface area (Å²) in [6, 6.07) is 7.69. The van der Waals surface area contributed by atoms with Crippen LogP contribution in [-0.2, 0) is 0 Å². The second-order valence-corrected chi connectivity index (χ2v) is 5.71. The molecular weight excluding hydrogens is 224 g/mol. The second-order valence-electron chi connectivity index (χ2n) is 5.71. The van der Waals surface area contributed by atoms with Crippen molar-refractivity contribution in [1.29, 1.82) is 0 Å². The van der Waals surface area contributed by atoms with Crippen LogP contribution < -0.4 is 5.73 Å². The van der Waals surface area contributed by atoms with Crippen LogP contribution in [0.3, 0.4) is 0 Å². The zero-order valence-electron chi connectivity index (χ0n) is 11.3. The van der Waals surface area contributed by atoms with Gasteiger partial charge >= 0.3 is 0 Å². The fourth-order valence-corrected chi connectivity index (χ4v) is 3.21. The predicted octanol–water partition coefficient (Wildman–Crippen LogP) is 2.37. The van der Waals surface area contributed by atoms with E-state index in [2.05, 4.69) is 18.7 Å². The summed E-state index contributed by atoms with van der Waals surface area (Å²) >= 11 is 0. The molecule has 0 bridgehead atoms. The maximum absolute atomic E-state index is 9.99. The van der Waals surface area contributed by atoms with Gasteiger partial charge in [0.15, 0.2) is 0 Å². The summed E-state index contributed by atoms with van der Waals surface area (Å²) < 4.78 is 0. The lowest BCUT2D eigenvalue weighted by molar-refractivity contribution is 0.0972. The summed E-state index contributed by atoms with van der Waals surface area (Å²) in [5.41, 5.74) is 6.90. The zero-order valence-corrected chi connectivity index (χ0v) is 11.3. The summed E-state index contributed by atoms with van der Waals surface area (Å²) in [5, 5.41) is 9.99. The number of para-hydroxylation sites is 1. The Kier molecular flexibility index (Phi) is 4.25. The first kappa shape index (κ1) is 13.4. The SMILES string of the molecule is CC1CC(C)CN(C(CN)c2ccccc2O)C1. The van der Waals surface area contributed by atoms with E-state index in [0.29, 0.717) is 24.1 Å². The number of hydrogen-bond donors (Lipinski definition) is 2. The Balaban J connectivity index is 2.20. The molecule has 3 heteroatoms. The Hall–Kier alpha value is -1.06. The van der Waals surface area contributed by atoms with E-state index in [1.807, 2.05) is 18.2 Å². The summed E-state index contributed by atoms with van der Waals surface area (Å²) in [6.45, 7) is 7.28. The lowest BCUT2D eigenvalue weighted by Gasteiger charge is -2.40. The van der Waals surface area contributed by atoms with E-state index in [1.54, 1.807) is 6.07 Å². The Labute approximate surface area is 110 Å². The molecule has 18 heavy (non-hydrogen) atoms. The third kappa shape index (κ3) is 2.85. The molecule has 1 aliphatic rings. The van der Waals surface area contributed by atoms with Gasteiger partial charge in [-0.1, -0.05) is 32.0 Å². The lowest BCUT2D eigenvalue weighted by atomic mass is 9.89. The first-order valence-corrected chi connectivity index (χ1v) is 6.83. The second kappa shape index (κ2) is 5.72. The monoisotopic (exact) mass is 248 g/mol. The average Bonchev–Trinajstić information content (AvgIpc) is 2.31. The number of nitrogens with zero attached hydrogens (tertiary/aromatic N) is 1. The van der Waals surface area contributed by atoms with Crippen LogP contribution in [0.5, 0.6) is 5.75 Å². The van der Waals surface area contributed by atoms with E-state index in [0.717, 1.165) is 18.7 Å². The van der Waals surface area contributed by atoms with Gasteiger partial charge in [-0.05, 0) is 24.3 Å². The quantitative estimate of drug-likeness (QED) is 0.863. The van der Waals surface area contributed by atoms with E-state index in [9.17, 15) is 5.11 Å². The molecule has 1 heterocycles. The van der Waals surface area contributed by atoms with Crippen molar-refractivity contribution in [2.75, 3.05) is 19.6 Å². The smallest absolute Gasteiger partial charge is 0.120 e. The number of piperidine rings is 1. The van der Waals surface area contributed by atoms with Crippen LogP contribution in [0.25, 0.3) is 0 Å². The molecule has 3 atom stereocenters. The summed E-state index contributed by atoms with van der Waals surface area (Å²) in [5.74, 6) is 1.76. The van der Waals surface area contributed by atoms with Gasteiger partial charge in [0.05, 0.1) is 6.04 Å². The van der Waals surface area contributed by atoms with Gasteiger partial charge in [-0.15, -0.1) is 0 Å². The third-order valence-corrected chi connectivity index (χ3v) is 3.86. The molecule has 0 aliphatic carbocycles. The normalized spacial score (nSPS) is 27.1. The molecule has 0 amide bonds. The molecule has 1 aromatic rings. The average molecular weight is 248 g/mol. The molecule has 3 N–H and O–H groups in total. The number of aromatic hydroxyl groups is 1. The maximum Gasteiger partial charge on any atom is 0.120 e. The Bertz CT molecular complexity index is 384. The Morgan fingerprint density at radius 1 is 1.28 bits per heavy atom. The van der Waals surface area contributed by atoms with E-state index >= 15 is 0 Å². The van der Waals surface area contributed by atoms with Crippen molar-refractivity contribution in [1.82, 2.24) is 4.90 Å². The highest BCUT2D eigenvalue weighted by atomic mass is 16.3. The molecule has 3 nitrogen and oxygen atoms in total. The van der Waals surface area contributed by atoms with Crippen LogP contribution in [0.2, 0.25) is 0 Å². The van der Waals surface area contributed by atoms with Crippen LogP contribution in [0.4, 0.5) is 0 Å². The summed E-state index contributed by atoms with van der Waals surface area (Å²) in [7, 11) is 0. The number of likely N-dealkylation sites (tertiary alicyclic amines) is 1. The highest BCUT2D eigenvalue weighted by Crippen LogP contribution is 2.32. The van der Waals surface area contributed by atoms with Gasteiger partial charge in [0.2, 0.25) is 0 Å². The number of phenolic OH excluding ortho intramolecular Hbond substituents is 1. The molecule has 0 aromatic heterocycles. The zero-order chi connectivity index (χ0) is 13.1. The fraction of sp³-hybridized carbons (Fsp3) is 0.600. The van der Waals surface area contributed by atoms with Crippen LogP contribution in [-0.4, -0.2) is 29.6 Å². The van der Waals surface area contributed by atoms with Crippen molar-refractivity contribution in [2.24, 2.45) is 17.6 Å². The van der Waals surface area contributed by atoms with Crippen LogP contribution >= 0.6 is 0 Å². The molecule has 3 unspecified atom stereocenters. The van der Waals surface area contributed by atoms with Gasteiger partial charge in [0, 0.05) is 25.2 Å². The van der Waals surface area contributed by atoms with Crippen molar-refractivity contribution < 1.29 is 5.11 Å². The molecule has 1 aliphatic heterocycles. The molecule has 0 saturated carbocycles. The van der Waals surface area contributed by atoms with Crippen molar-refractivity contribution >= 4 is 0 Å². The first-order chi connectivity index (χ1) is 8.61. The van der Waals surface area contributed by atoms with Gasteiger partial charge in [-0.25, -0.2) is 0 Å². The highest BCUT2D eigenvalue weighted by Gasteiger charge is 2.28. The third-order valence-electron chi connectivity index (χ3n) is 3.86. The molecule has 1 fully saturated rings. The Morgan fingerprint density at radius 2 is 1.89 bits per heavy atom. The van der Waals surface area contributed by atoms with Crippen LogP contribution in [0.1, 0.15) is 31.9 Å². The first-order valence-electron chi connectivity index (χ1n) is 6.83. The molecule has 0 radical (unpaired) electrons. The predicted molar refractivity (Wildman–Crippen MR) is 74.4 cm³/mol. The maximum atomic E-state index is 9.99. The van der Waals surface area contributed by atoms with E-state index in [4.69, 9.17) is 5.73 Å². The molecule has 100 valence electrons. The number of hydrogen-bond acceptors (Lipinski definition) is 3. The van der Waals surface area contributed by atoms with E-state index in [-0.39, 0.29) is 6.04 Å². The minimum absolute atomic E-state index is 0.136. The van der Waals surface area contributed by atoms with Gasteiger partial charge in [-0.3, -0.25) is 4.90 Å². The van der Waals surface area contributed by atoms with Gasteiger partial charge in [0.25, 0.3) is 0 Å². The van der Waals surface area contributed by atoms with E-state index in [1.165, 1.54) is 6.42 Å². The minimum atomic E-state index is 0.136. The number of phenols is 1. The Morgan fingerprint density at radius 3 is 2.44 bits per heavy atom. The molecule has 1 saturated heterocycles. The highest BCUT2D eigenvalue weighted by molar-refractivity contribution is 5.34. The molecule has 1 aromatic carbocycles. The summed E-state index contributed by atoms with van der Waals surface area (Å²) in [6.07, 6.45) is 1.29. The molecule has 2 rings (SSSR count). The van der Waals surface area contributed by atoms with Gasteiger partial charge in [-0.2, -0.15) is 0 Å². The largest absolute Gasteiger partial charge is 0.508 e. The van der Waals surface area contributed by atoms with Crippen LogP contribution in [0, 0.1) is 11.8 Å². The van der Waals surface area contributed by atoms with Gasteiger partial charge < -0.3 is 10.8 Å². The number of rotatable bonds is 3. The van der Waals surface area contributed by atoms with Crippen molar-refractivity contribution in [2.45, 2.75) is 26.3 Å².